The van der Waals surface area contributed by atoms with Crippen molar-refractivity contribution in [3.63, 3.8) is 0 Å². The summed E-state index contributed by atoms with van der Waals surface area (Å²) in [6, 6.07) is 6.03. The van der Waals surface area contributed by atoms with Crippen LogP contribution in [-0.4, -0.2) is 13.0 Å². The van der Waals surface area contributed by atoms with E-state index in [0.717, 1.165) is 0 Å². The van der Waals surface area contributed by atoms with E-state index in [1.54, 1.807) is 12.1 Å². The Morgan fingerprint density at radius 1 is 1.23 bits per heavy atom. The Bertz CT molecular complexity index is 409. The fourth-order valence-electron chi connectivity index (χ4n) is 0.640. The highest BCUT2D eigenvalue weighted by atomic mass is 32.2. The highest BCUT2D eigenvalue weighted by Crippen LogP contribution is 2.14. The minimum atomic E-state index is -4.41. The molecule has 1 aromatic rings. The molecule has 1 aromatic carbocycles. The third-order valence-corrected chi connectivity index (χ3v) is 1.44. The van der Waals surface area contributed by atoms with Crippen molar-refractivity contribution < 1.29 is 13.0 Å². The molecule has 0 aliphatic carbocycles. The van der Waals surface area contributed by atoms with Crippen LogP contribution in [0.4, 0.5) is 11.4 Å². The molecule has 0 heterocycles. The Hall–Kier alpha value is -1.47. The van der Waals surface area contributed by atoms with Gasteiger partial charge in [-0.15, -0.1) is 5.11 Å². The molecule has 13 heavy (non-hydrogen) atoms. The summed E-state index contributed by atoms with van der Waals surface area (Å²) in [4.78, 5) is 0. The van der Waals surface area contributed by atoms with Crippen molar-refractivity contribution in [2.75, 3.05) is 5.73 Å². The van der Waals surface area contributed by atoms with Crippen molar-refractivity contribution in [1.82, 2.24) is 0 Å². The summed E-state index contributed by atoms with van der Waals surface area (Å²) in [5.74, 6) is 0. The number of anilines is 1. The van der Waals surface area contributed by atoms with Crippen molar-refractivity contribution in [2.24, 2.45) is 9.63 Å². The van der Waals surface area contributed by atoms with Crippen molar-refractivity contribution in [3.05, 3.63) is 24.3 Å². The number of nitrogens with zero attached hydrogens (tertiary/aromatic N) is 2. The van der Waals surface area contributed by atoms with Crippen molar-refractivity contribution in [3.8, 4) is 0 Å². The topological polar surface area (TPSA) is 105 Å². The Labute approximate surface area is 75.0 Å². The van der Waals surface area contributed by atoms with E-state index in [9.17, 15) is 8.42 Å². The van der Waals surface area contributed by atoms with E-state index in [4.69, 9.17) is 10.3 Å². The molecule has 0 aromatic heterocycles. The predicted molar refractivity (Wildman–Crippen MR) is 46.9 cm³/mol. The Morgan fingerprint density at radius 2 is 1.77 bits per heavy atom. The standard InChI is InChI=1S/C6H7N3O3S/c7-5-1-3-6(4-2-5)8-9-13(10,11)12/h1-4H,7H2,(H,10,11,12). The molecule has 6 nitrogen and oxygen atoms in total. The monoisotopic (exact) mass is 201 g/mol. The van der Waals surface area contributed by atoms with Gasteiger partial charge in [-0.2, -0.15) is 8.42 Å². The summed E-state index contributed by atoms with van der Waals surface area (Å²) >= 11 is 0. The van der Waals surface area contributed by atoms with Crippen LogP contribution in [0.1, 0.15) is 0 Å². The lowest BCUT2D eigenvalue weighted by atomic mass is 10.3. The summed E-state index contributed by atoms with van der Waals surface area (Å²) in [6.07, 6.45) is 0. The molecule has 0 spiro atoms. The van der Waals surface area contributed by atoms with Gasteiger partial charge in [0.2, 0.25) is 0 Å². The van der Waals surface area contributed by atoms with Crippen molar-refractivity contribution in [2.45, 2.75) is 0 Å². The lowest BCUT2D eigenvalue weighted by molar-refractivity contribution is 0.482. The minimum absolute atomic E-state index is 0.298. The molecule has 0 aliphatic rings. The van der Waals surface area contributed by atoms with E-state index in [1.165, 1.54) is 12.1 Å². The second-order valence-corrected chi connectivity index (χ2v) is 3.28. The van der Waals surface area contributed by atoms with Gasteiger partial charge in [0.05, 0.1) is 5.69 Å². The minimum Gasteiger partial charge on any atom is -0.399 e. The fraction of sp³-hybridized carbons (Fsp3) is 0. The van der Waals surface area contributed by atoms with Crippen molar-refractivity contribution in [1.29, 1.82) is 0 Å². The van der Waals surface area contributed by atoms with Crippen LogP contribution in [-0.2, 0) is 10.3 Å². The summed E-state index contributed by atoms with van der Waals surface area (Å²) in [5.41, 5.74) is 6.20. The van der Waals surface area contributed by atoms with Crippen LogP contribution in [0.2, 0.25) is 0 Å². The Kier molecular flexibility index (Phi) is 2.59. The maximum atomic E-state index is 10.1. The normalized spacial score (nSPS) is 12.1. The van der Waals surface area contributed by atoms with E-state index in [2.05, 4.69) is 9.63 Å². The van der Waals surface area contributed by atoms with Gasteiger partial charge in [0.1, 0.15) is 0 Å². The molecular weight excluding hydrogens is 194 g/mol. The lowest BCUT2D eigenvalue weighted by Crippen LogP contribution is -1.88. The molecular formula is C6H7N3O3S. The van der Waals surface area contributed by atoms with E-state index in [0.29, 0.717) is 11.4 Å². The first kappa shape index (κ1) is 9.62. The lowest BCUT2D eigenvalue weighted by Gasteiger charge is -1.91. The van der Waals surface area contributed by atoms with Crippen LogP contribution < -0.4 is 5.73 Å². The van der Waals surface area contributed by atoms with Gasteiger partial charge in [0.25, 0.3) is 0 Å². The first-order valence-corrected chi connectivity index (χ1v) is 4.63. The SMILES string of the molecule is Nc1ccc(N=NS(=O)(=O)O)cc1. The van der Waals surface area contributed by atoms with Crippen LogP contribution in [0.25, 0.3) is 0 Å². The predicted octanol–water partition coefficient (Wildman–Crippen LogP) is 1.16. The summed E-state index contributed by atoms with van der Waals surface area (Å²) < 4.78 is 31.2. The van der Waals surface area contributed by atoms with Gasteiger partial charge in [0, 0.05) is 5.69 Å². The molecule has 0 bridgehead atoms. The summed E-state index contributed by atoms with van der Waals surface area (Å²) in [7, 11) is -4.41. The van der Waals surface area contributed by atoms with Crippen LogP contribution in [0, 0.1) is 0 Å². The number of nitrogen functional groups attached to an aromatic ring is 1. The van der Waals surface area contributed by atoms with Crippen LogP contribution in [0.5, 0.6) is 0 Å². The average molecular weight is 201 g/mol. The van der Waals surface area contributed by atoms with Gasteiger partial charge in [-0.05, 0) is 28.8 Å². The third-order valence-electron chi connectivity index (χ3n) is 1.15. The fourth-order valence-corrected chi connectivity index (χ4v) is 0.837. The largest absolute Gasteiger partial charge is 0.399 e. The molecule has 0 amide bonds. The highest BCUT2D eigenvalue weighted by Gasteiger charge is 1.97. The zero-order chi connectivity index (χ0) is 9.90. The number of hydrogen-bond acceptors (Lipinski definition) is 4. The molecule has 0 unspecified atom stereocenters. The van der Waals surface area contributed by atoms with Crippen LogP contribution in [0.15, 0.2) is 33.9 Å². The summed E-state index contributed by atoms with van der Waals surface area (Å²) in [5, 5.41) is 3.25. The second kappa shape index (κ2) is 3.50. The first-order valence-electron chi connectivity index (χ1n) is 3.23. The number of rotatable bonds is 2. The maximum Gasteiger partial charge on any atom is 0.396 e. The third kappa shape index (κ3) is 3.63. The molecule has 1 rings (SSSR count). The van der Waals surface area contributed by atoms with Gasteiger partial charge in [-0.3, -0.25) is 4.55 Å². The number of nitrogens with two attached hydrogens (primary N) is 1. The molecule has 70 valence electrons. The van der Waals surface area contributed by atoms with E-state index < -0.39 is 10.3 Å². The van der Waals surface area contributed by atoms with Gasteiger partial charge < -0.3 is 5.73 Å². The number of hydrogen-bond donors (Lipinski definition) is 2. The second-order valence-electron chi connectivity index (χ2n) is 2.22. The molecule has 0 aliphatic heterocycles. The molecule has 0 fully saturated rings. The van der Waals surface area contributed by atoms with E-state index in [1.807, 2.05) is 0 Å². The average Bonchev–Trinajstić information content (AvgIpc) is 2.02. The van der Waals surface area contributed by atoms with E-state index >= 15 is 0 Å². The van der Waals surface area contributed by atoms with Gasteiger partial charge >= 0.3 is 10.3 Å². The Morgan fingerprint density at radius 3 is 2.23 bits per heavy atom. The zero-order valence-corrected chi connectivity index (χ0v) is 7.27. The van der Waals surface area contributed by atoms with Crippen LogP contribution in [0.3, 0.4) is 0 Å². The Balaban J connectivity index is 2.88. The quantitative estimate of drug-likeness (QED) is 0.425. The van der Waals surface area contributed by atoms with Gasteiger partial charge in [-0.25, -0.2) is 0 Å². The summed E-state index contributed by atoms with van der Waals surface area (Å²) in [6.45, 7) is 0. The zero-order valence-electron chi connectivity index (χ0n) is 6.45. The maximum absolute atomic E-state index is 10.1. The molecule has 0 saturated carbocycles. The molecule has 0 atom stereocenters. The first-order chi connectivity index (χ1) is 5.97. The molecule has 7 heteroatoms. The smallest absolute Gasteiger partial charge is 0.396 e. The van der Waals surface area contributed by atoms with Gasteiger partial charge in [-0.1, -0.05) is 0 Å². The molecule has 3 N–H and O–H groups in total. The van der Waals surface area contributed by atoms with Gasteiger partial charge in [0.15, 0.2) is 0 Å². The van der Waals surface area contributed by atoms with Crippen LogP contribution >= 0.6 is 0 Å². The van der Waals surface area contributed by atoms with Crippen molar-refractivity contribution >= 4 is 21.7 Å². The molecule has 0 saturated heterocycles. The van der Waals surface area contributed by atoms with E-state index in [-0.39, 0.29) is 0 Å². The number of benzene rings is 1. The molecule has 0 radical (unpaired) electrons. The highest BCUT2D eigenvalue weighted by molar-refractivity contribution is 7.84.